The first-order valence-electron chi connectivity index (χ1n) is 8.09. The van der Waals surface area contributed by atoms with Gasteiger partial charge in [-0.1, -0.05) is 32.9 Å². The van der Waals surface area contributed by atoms with Crippen molar-refractivity contribution in [1.29, 1.82) is 0 Å². The topological polar surface area (TPSA) is 54.5 Å². The van der Waals surface area contributed by atoms with Gasteiger partial charge in [0.1, 0.15) is 5.82 Å². The number of nitrogens with zero attached hydrogens (tertiary/aromatic N) is 1. The molecule has 0 saturated heterocycles. The van der Waals surface area contributed by atoms with Crippen molar-refractivity contribution in [2.75, 3.05) is 10.8 Å². The molecule has 0 bridgehead atoms. The molecule has 4 nitrogen and oxygen atoms in total. The standard InChI is InChI=1S/C19H21FNO3S/c1-4-15-5-7-17(8-6-15)21(12-14(2)3)25(23,24)18-9-10-19(20)16(11-18)13-22/h5-11,14H,4,12H2,1-3H3. The average Bonchev–Trinajstić information content (AvgIpc) is 2.59. The predicted molar refractivity (Wildman–Crippen MR) is 96.4 cm³/mol. The minimum absolute atomic E-state index is 0.0816. The molecule has 2 aromatic rings. The Morgan fingerprint density at radius 2 is 1.76 bits per heavy atom. The van der Waals surface area contributed by atoms with Crippen LogP contribution in [0.1, 0.15) is 31.9 Å². The molecular weight excluding hydrogens is 341 g/mol. The molecule has 0 amide bonds. The van der Waals surface area contributed by atoms with Crippen LogP contribution in [0.5, 0.6) is 0 Å². The van der Waals surface area contributed by atoms with E-state index in [1.807, 2.05) is 32.9 Å². The molecule has 0 atom stereocenters. The lowest BCUT2D eigenvalue weighted by molar-refractivity contribution is 0.556. The monoisotopic (exact) mass is 362 g/mol. The van der Waals surface area contributed by atoms with Crippen LogP contribution in [0.3, 0.4) is 0 Å². The molecule has 0 aliphatic heterocycles. The molecule has 0 saturated carbocycles. The summed E-state index contributed by atoms with van der Waals surface area (Å²) in [6, 6.07) is 10.4. The Balaban J connectivity index is 2.53. The molecule has 0 aliphatic carbocycles. The minimum atomic E-state index is -3.93. The maximum absolute atomic E-state index is 13.5. The largest absolute Gasteiger partial charge is 0.285 e. The zero-order valence-electron chi connectivity index (χ0n) is 14.5. The summed E-state index contributed by atoms with van der Waals surface area (Å²) in [5.41, 5.74) is 1.24. The Bertz CT molecular complexity index is 845. The first-order chi connectivity index (χ1) is 11.8. The fourth-order valence-electron chi connectivity index (χ4n) is 2.44. The van der Waals surface area contributed by atoms with Crippen LogP contribution in [0, 0.1) is 11.7 Å². The number of halogens is 1. The Morgan fingerprint density at radius 1 is 1.12 bits per heavy atom. The van der Waals surface area contributed by atoms with E-state index in [1.54, 1.807) is 12.1 Å². The Kier molecular flexibility index (Phi) is 5.95. The fourth-order valence-corrected chi connectivity index (χ4v) is 4.10. The van der Waals surface area contributed by atoms with Gasteiger partial charge in [-0.2, -0.15) is 0 Å². The third-order valence-corrected chi connectivity index (χ3v) is 5.59. The van der Waals surface area contributed by atoms with E-state index in [9.17, 15) is 17.6 Å². The number of rotatable bonds is 7. The Morgan fingerprint density at radius 3 is 2.28 bits per heavy atom. The van der Waals surface area contributed by atoms with Gasteiger partial charge in [0.25, 0.3) is 10.0 Å². The molecule has 2 rings (SSSR count). The van der Waals surface area contributed by atoms with Gasteiger partial charge in [0, 0.05) is 6.54 Å². The molecule has 0 spiro atoms. The summed E-state index contributed by atoms with van der Waals surface area (Å²) in [5.74, 6) is -0.713. The Hall–Kier alpha value is -2.21. The van der Waals surface area contributed by atoms with Gasteiger partial charge in [-0.3, -0.25) is 9.10 Å². The molecule has 1 radical (unpaired) electrons. The van der Waals surface area contributed by atoms with Crippen molar-refractivity contribution < 1.29 is 17.6 Å². The number of anilines is 1. The van der Waals surface area contributed by atoms with Crippen molar-refractivity contribution >= 4 is 22.0 Å². The summed E-state index contributed by atoms with van der Waals surface area (Å²) < 4.78 is 40.9. The third-order valence-electron chi connectivity index (χ3n) is 3.80. The smallest absolute Gasteiger partial charge is 0.264 e. The molecule has 0 unspecified atom stereocenters. The van der Waals surface area contributed by atoms with Crippen LogP contribution in [0.2, 0.25) is 0 Å². The second kappa shape index (κ2) is 7.78. The van der Waals surface area contributed by atoms with Crippen LogP contribution >= 0.6 is 0 Å². The SMILES string of the molecule is CCc1ccc(N(CC(C)C)S(=O)(=O)c2ccc(F)c([C]=O)c2)cc1. The van der Waals surface area contributed by atoms with E-state index in [0.717, 1.165) is 24.1 Å². The lowest BCUT2D eigenvalue weighted by Crippen LogP contribution is -2.34. The highest BCUT2D eigenvalue weighted by Gasteiger charge is 2.26. The van der Waals surface area contributed by atoms with E-state index in [2.05, 4.69) is 0 Å². The van der Waals surface area contributed by atoms with E-state index in [-0.39, 0.29) is 17.4 Å². The highest BCUT2D eigenvalue weighted by molar-refractivity contribution is 7.92. The van der Waals surface area contributed by atoms with Gasteiger partial charge in [-0.15, -0.1) is 0 Å². The van der Waals surface area contributed by atoms with Gasteiger partial charge in [0.15, 0.2) is 0 Å². The van der Waals surface area contributed by atoms with Crippen molar-refractivity contribution in [3.8, 4) is 0 Å². The minimum Gasteiger partial charge on any atom is -0.285 e. The van der Waals surface area contributed by atoms with Crippen LogP contribution in [0.25, 0.3) is 0 Å². The molecule has 25 heavy (non-hydrogen) atoms. The first kappa shape index (κ1) is 19.1. The third kappa shape index (κ3) is 4.25. The molecular formula is C19H21FNO3S. The molecule has 0 aliphatic rings. The number of hydrogen-bond acceptors (Lipinski definition) is 3. The van der Waals surface area contributed by atoms with Crippen molar-refractivity contribution in [3.05, 3.63) is 59.4 Å². The predicted octanol–water partition coefficient (Wildman–Crippen LogP) is 3.70. The van der Waals surface area contributed by atoms with Crippen LogP contribution in [0.15, 0.2) is 47.4 Å². The van der Waals surface area contributed by atoms with Crippen molar-refractivity contribution in [2.24, 2.45) is 5.92 Å². The average molecular weight is 362 g/mol. The fraction of sp³-hybridized carbons (Fsp3) is 0.316. The molecule has 0 aromatic heterocycles. The lowest BCUT2D eigenvalue weighted by atomic mass is 10.1. The highest BCUT2D eigenvalue weighted by atomic mass is 32.2. The molecule has 133 valence electrons. The van der Waals surface area contributed by atoms with E-state index < -0.39 is 21.4 Å². The van der Waals surface area contributed by atoms with Gasteiger partial charge < -0.3 is 0 Å². The molecule has 2 aromatic carbocycles. The van der Waals surface area contributed by atoms with Gasteiger partial charge in [-0.25, -0.2) is 12.8 Å². The summed E-state index contributed by atoms with van der Waals surface area (Å²) in [4.78, 5) is 10.7. The van der Waals surface area contributed by atoms with Crippen LogP contribution < -0.4 is 4.31 Å². The van der Waals surface area contributed by atoms with Gasteiger partial charge in [0.05, 0.1) is 16.1 Å². The van der Waals surface area contributed by atoms with Crippen molar-refractivity contribution in [2.45, 2.75) is 32.1 Å². The quantitative estimate of drug-likeness (QED) is 0.755. The lowest BCUT2D eigenvalue weighted by Gasteiger charge is -2.26. The van der Waals surface area contributed by atoms with Crippen LogP contribution in [0.4, 0.5) is 10.1 Å². The molecule has 0 fully saturated rings. The number of aryl methyl sites for hydroxylation is 1. The van der Waals surface area contributed by atoms with E-state index >= 15 is 0 Å². The van der Waals surface area contributed by atoms with E-state index in [0.29, 0.717) is 5.69 Å². The maximum atomic E-state index is 13.5. The molecule has 0 heterocycles. The second-order valence-corrected chi connectivity index (χ2v) is 8.06. The van der Waals surface area contributed by atoms with Crippen molar-refractivity contribution in [1.82, 2.24) is 0 Å². The second-order valence-electron chi connectivity index (χ2n) is 6.19. The summed E-state index contributed by atoms with van der Waals surface area (Å²) in [6.07, 6.45) is 2.29. The maximum Gasteiger partial charge on any atom is 0.264 e. The molecule has 0 N–H and O–H groups in total. The summed E-state index contributed by atoms with van der Waals surface area (Å²) in [6.45, 7) is 6.12. The molecule has 6 heteroatoms. The first-order valence-corrected chi connectivity index (χ1v) is 9.53. The number of hydrogen-bond donors (Lipinski definition) is 0. The number of benzene rings is 2. The van der Waals surface area contributed by atoms with Gasteiger partial charge in [-0.05, 0) is 48.2 Å². The Labute approximate surface area is 148 Å². The summed E-state index contributed by atoms with van der Waals surface area (Å²) in [7, 11) is -3.93. The zero-order valence-corrected chi connectivity index (χ0v) is 15.3. The number of sulfonamides is 1. The zero-order chi connectivity index (χ0) is 18.6. The van der Waals surface area contributed by atoms with Crippen LogP contribution in [-0.2, 0) is 21.2 Å². The number of carbonyl (C=O) groups excluding carboxylic acids is 1. The van der Waals surface area contributed by atoms with Crippen molar-refractivity contribution in [3.63, 3.8) is 0 Å². The van der Waals surface area contributed by atoms with E-state index in [1.165, 1.54) is 16.7 Å². The summed E-state index contributed by atoms with van der Waals surface area (Å²) in [5, 5.41) is 0. The highest BCUT2D eigenvalue weighted by Crippen LogP contribution is 2.26. The van der Waals surface area contributed by atoms with Gasteiger partial charge in [0.2, 0.25) is 6.29 Å². The normalized spacial score (nSPS) is 11.6. The van der Waals surface area contributed by atoms with E-state index in [4.69, 9.17) is 0 Å². The summed E-state index contributed by atoms with van der Waals surface area (Å²) >= 11 is 0. The van der Waals surface area contributed by atoms with Gasteiger partial charge >= 0.3 is 0 Å². The van der Waals surface area contributed by atoms with Crippen LogP contribution in [-0.4, -0.2) is 21.2 Å².